The van der Waals surface area contributed by atoms with Crippen LogP contribution in [0.15, 0.2) is 11.1 Å². The van der Waals surface area contributed by atoms with Crippen LogP contribution in [0.25, 0.3) is 0 Å². The Labute approximate surface area is 115 Å². The number of nitrogens with two attached hydrogens (primary N) is 1. The molecule has 0 aliphatic heterocycles. The van der Waals surface area contributed by atoms with E-state index in [0.29, 0.717) is 10.6 Å². The average Bonchev–Trinajstić information content (AvgIpc) is 2.35. The Balaban J connectivity index is 2.85. The SMILES string of the molecule is CC(C)NC(=O)CSc1[nH+]c(N)c(C#N)cc1C#N. The largest absolute Gasteiger partial charge is 0.353 e. The summed E-state index contributed by atoms with van der Waals surface area (Å²) in [5.41, 5.74) is 6.16. The Bertz CT molecular complexity index is 571. The quantitative estimate of drug-likeness (QED) is 0.774. The standard InChI is InChI=1S/C12H13N5OS/c1-7(2)16-10(18)6-19-12-9(5-14)3-8(4-13)11(15)17-12/h3,7H,6H2,1-2H3,(H2,15,17)(H,16,18)/p+1. The van der Waals surface area contributed by atoms with Crippen molar-refractivity contribution in [3.8, 4) is 12.1 Å². The van der Waals surface area contributed by atoms with Crippen LogP contribution in [-0.4, -0.2) is 17.7 Å². The Hall–Kier alpha value is -2.25. The lowest BCUT2D eigenvalue weighted by molar-refractivity contribution is -0.410. The number of aromatic amines is 1. The Morgan fingerprint density at radius 1 is 1.47 bits per heavy atom. The number of nitrogen functional groups attached to an aromatic ring is 1. The van der Waals surface area contributed by atoms with Crippen molar-refractivity contribution in [2.24, 2.45) is 0 Å². The number of nitriles is 2. The molecule has 0 unspecified atom stereocenters. The smallest absolute Gasteiger partial charge is 0.289 e. The number of nitrogens with one attached hydrogen (secondary N) is 2. The van der Waals surface area contributed by atoms with Crippen LogP contribution in [0.4, 0.5) is 5.82 Å². The van der Waals surface area contributed by atoms with Crippen molar-refractivity contribution in [1.29, 1.82) is 10.5 Å². The fourth-order valence-electron chi connectivity index (χ4n) is 1.34. The summed E-state index contributed by atoms with van der Waals surface area (Å²) in [6, 6.07) is 5.34. The van der Waals surface area contributed by atoms with Gasteiger partial charge < -0.3 is 5.32 Å². The molecule has 7 heteroatoms. The minimum Gasteiger partial charge on any atom is -0.353 e. The van der Waals surface area contributed by atoms with Gasteiger partial charge in [0.05, 0.1) is 5.75 Å². The molecule has 19 heavy (non-hydrogen) atoms. The van der Waals surface area contributed by atoms with Crippen molar-refractivity contribution in [1.82, 2.24) is 5.32 Å². The van der Waals surface area contributed by atoms with Gasteiger partial charge in [0.25, 0.3) is 5.82 Å². The molecule has 0 bridgehead atoms. The predicted molar refractivity (Wildman–Crippen MR) is 70.8 cm³/mol. The Morgan fingerprint density at radius 2 is 2.11 bits per heavy atom. The first kappa shape index (κ1) is 14.8. The van der Waals surface area contributed by atoms with Gasteiger partial charge in [-0.1, -0.05) is 11.8 Å². The lowest BCUT2D eigenvalue weighted by Gasteiger charge is -2.07. The molecule has 4 N–H and O–H groups in total. The Morgan fingerprint density at radius 3 is 2.63 bits per heavy atom. The van der Waals surface area contributed by atoms with E-state index in [4.69, 9.17) is 16.3 Å². The Kier molecular flexibility index (Phi) is 5.16. The van der Waals surface area contributed by atoms with E-state index in [2.05, 4.69) is 10.3 Å². The number of thioether (sulfide) groups is 1. The third-order valence-corrected chi connectivity index (χ3v) is 3.13. The molecule has 1 amide bonds. The second-order valence-electron chi connectivity index (χ2n) is 4.07. The molecule has 0 aliphatic carbocycles. The van der Waals surface area contributed by atoms with Crippen molar-refractivity contribution in [3.63, 3.8) is 0 Å². The minimum absolute atomic E-state index is 0.0681. The van der Waals surface area contributed by atoms with Crippen LogP contribution in [0, 0.1) is 22.7 Å². The lowest BCUT2D eigenvalue weighted by atomic mass is 10.2. The molecule has 1 aromatic rings. The summed E-state index contributed by atoms with van der Waals surface area (Å²) >= 11 is 1.18. The molecule has 0 fully saturated rings. The first-order valence-corrected chi connectivity index (χ1v) is 6.54. The summed E-state index contributed by atoms with van der Waals surface area (Å²) < 4.78 is 0. The van der Waals surface area contributed by atoms with E-state index < -0.39 is 0 Å². The van der Waals surface area contributed by atoms with Gasteiger partial charge in [0.15, 0.2) is 5.03 Å². The number of hydrogen-bond donors (Lipinski definition) is 2. The number of pyridine rings is 1. The summed E-state index contributed by atoms with van der Waals surface area (Å²) in [7, 11) is 0. The lowest BCUT2D eigenvalue weighted by Crippen LogP contribution is -2.31. The number of nitrogens with zero attached hydrogens (tertiary/aromatic N) is 2. The van der Waals surface area contributed by atoms with Crippen LogP contribution < -0.4 is 16.0 Å². The molecule has 0 spiro atoms. The molecule has 0 saturated heterocycles. The maximum Gasteiger partial charge on any atom is 0.289 e. The topological polar surface area (TPSA) is 117 Å². The van der Waals surface area contributed by atoms with E-state index in [1.807, 2.05) is 26.0 Å². The maximum absolute atomic E-state index is 11.5. The van der Waals surface area contributed by atoms with Gasteiger partial charge in [-0.2, -0.15) is 10.5 Å². The third kappa shape index (κ3) is 4.16. The highest BCUT2D eigenvalue weighted by Crippen LogP contribution is 2.19. The van der Waals surface area contributed by atoms with Crippen molar-refractivity contribution in [2.75, 3.05) is 11.5 Å². The third-order valence-electron chi connectivity index (χ3n) is 2.11. The molecular formula is C12H14N5OS+. The number of H-pyrrole nitrogens is 1. The number of hydrogen-bond acceptors (Lipinski definition) is 5. The van der Waals surface area contributed by atoms with Crippen LogP contribution in [0.2, 0.25) is 0 Å². The highest BCUT2D eigenvalue weighted by Gasteiger charge is 2.15. The molecule has 1 heterocycles. The first-order valence-electron chi connectivity index (χ1n) is 5.56. The van der Waals surface area contributed by atoms with Gasteiger partial charge in [0.2, 0.25) is 5.91 Å². The molecule has 6 nitrogen and oxygen atoms in total. The van der Waals surface area contributed by atoms with Gasteiger partial charge in [0, 0.05) is 6.04 Å². The summed E-state index contributed by atoms with van der Waals surface area (Å²) in [6.07, 6.45) is 0. The van der Waals surface area contributed by atoms with Gasteiger partial charge in [-0.25, -0.2) is 4.98 Å². The van der Waals surface area contributed by atoms with Crippen molar-refractivity contribution >= 4 is 23.5 Å². The van der Waals surface area contributed by atoms with E-state index in [-0.39, 0.29) is 29.1 Å². The number of carbonyl (C=O) groups is 1. The van der Waals surface area contributed by atoms with Crippen LogP contribution >= 0.6 is 11.8 Å². The number of amides is 1. The van der Waals surface area contributed by atoms with E-state index >= 15 is 0 Å². The van der Waals surface area contributed by atoms with Crippen molar-refractivity contribution in [3.05, 3.63) is 17.2 Å². The van der Waals surface area contributed by atoms with Crippen LogP contribution in [-0.2, 0) is 4.79 Å². The van der Waals surface area contributed by atoms with Crippen LogP contribution in [0.5, 0.6) is 0 Å². The fourth-order valence-corrected chi connectivity index (χ4v) is 2.14. The van der Waals surface area contributed by atoms with Gasteiger partial charge in [-0.15, -0.1) is 0 Å². The highest BCUT2D eigenvalue weighted by molar-refractivity contribution is 7.99. The average molecular weight is 276 g/mol. The molecule has 0 saturated carbocycles. The molecule has 1 aromatic heterocycles. The van der Waals surface area contributed by atoms with E-state index in [1.165, 1.54) is 17.8 Å². The zero-order chi connectivity index (χ0) is 14.4. The zero-order valence-electron chi connectivity index (χ0n) is 10.7. The van der Waals surface area contributed by atoms with Crippen molar-refractivity contribution in [2.45, 2.75) is 24.9 Å². The fraction of sp³-hybridized carbons (Fsp3) is 0.333. The monoisotopic (exact) mass is 276 g/mol. The van der Waals surface area contributed by atoms with E-state index in [9.17, 15) is 4.79 Å². The second kappa shape index (κ2) is 6.62. The van der Waals surface area contributed by atoms with Crippen LogP contribution in [0.3, 0.4) is 0 Å². The first-order chi connectivity index (χ1) is 8.97. The summed E-state index contributed by atoms with van der Waals surface area (Å²) in [5, 5.41) is 21.1. The molecule has 1 rings (SSSR count). The molecule has 0 atom stereocenters. The van der Waals surface area contributed by atoms with Gasteiger partial charge in [-0.05, 0) is 19.9 Å². The van der Waals surface area contributed by atoms with Gasteiger partial charge >= 0.3 is 0 Å². The number of rotatable bonds is 4. The summed E-state index contributed by atoms with van der Waals surface area (Å²) in [5.74, 6) is 0.239. The number of aromatic nitrogens is 1. The summed E-state index contributed by atoms with van der Waals surface area (Å²) in [6.45, 7) is 3.74. The van der Waals surface area contributed by atoms with E-state index in [1.54, 1.807) is 0 Å². The molecule has 0 aromatic carbocycles. The zero-order valence-corrected chi connectivity index (χ0v) is 11.5. The van der Waals surface area contributed by atoms with Crippen LogP contribution in [0.1, 0.15) is 25.0 Å². The summed E-state index contributed by atoms with van der Waals surface area (Å²) in [4.78, 5) is 14.3. The number of carbonyl (C=O) groups excluding carboxylic acids is 1. The number of anilines is 1. The molecule has 0 radical (unpaired) electrons. The van der Waals surface area contributed by atoms with E-state index in [0.717, 1.165) is 0 Å². The maximum atomic E-state index is 11.5. The predicted octanol–water partition coefficient (Wildman–Crippen LogP) is 0.443. The van der Waals surface area contributed by atoms with Crippen molar-refractivity contribution < 1.29 is 9.78 Å². The molecule has 98 valence electrons. The minimum atomic E-state index is -0.125. The molecule has 0 aliphatic rings. The normalized spacial score (nSPS) is 9.74. The van der Waals surface area contributed by atoms with Gasteiger partial charge in [0.1, 0.15) is 23.3 Å². The van der Waals surface area contributed by atoms with Gasteiger partial charge in [-0.3, -0.25) is 10.5 Å². The highest BCUT2D eigenvalue weighted by atomic mass is 32.2. The molecular weight excluding hydrogens is 262 g/mol. The second-order valence-corrected chi connectivity index (χ2v) is 5.06.